The Kier molecular flexibility index (Phi) is 8.53. The number of amides is 4. The summed E-state index contributed by atoms with van der Waals surface area (Å²) in [6.07, 6.45) is 1.89. The predicted molar refractivity (Wildman–Crippen MR) is 108 cm³/mol. The van der Waals surface area contributed by atoms with Crippen LogP contribution in [-0.4, -0.2) is 36.0 Å². The monoisotopic (exact) mass is 416 g/mol. The van der Waals surface area contributed by atoms with E-state index < -0.39 is 17.6 Å². The first-order valence-electron chi connectivity index (χ1n) is 8.75. The van der Waals surface area contributed by atoms with E-state index in [1.54, 1.807) is 24.3 Å². The molecule has 4 N–H and O–H groups in total. The van der Waals surface area contributed by atoms with Crippen molar-refractivity contribution in [2.24, 2.45) is 5.73 Å². The van der Waals surface area contributed by atoms with Crippen LogP contribution >= 0.6 is 24.0 Å². The van der Waals surface area contributed by atoms with Gasteiger partial charge in [0.1, 0.15) is 6.04 Å². The largest absolute Gasteiger partial charge is 0.354 e. The number of imide groups is 1. The molecular weight excluding hydrogens is 391 g/mol. The third-order valence-electron chi connectivity index (χ3n) is 4.81. The summed E-state index contributed by atoms with van der Waals surface area (Å²) in [4.78, 5) is 37.7. The highest BCUT2D eigenvalue weighted by Gasteiger charge is 2.38. The Morgan fingerprint density at radius 3 is 2.41 bits per heavy atom. The fraction of sp³-hybridized carbons (Fsp3) is 0.500. The van der Waals surface area contributed by atoms with Crippen molar-refractivity contribution < 1.29 is 14.4 Å². The maximum absolute atomic E-state index is 12.5. The molecule has 9 heteroatoms. The minimum atomic E-state index is -0.719. The van der Waals surface area contributed by atoms with Crippen molar-refractivity contribution >= 4 is 47.5 Å². The number of benzene rings is 1. The second-order valence-corrected chi connectivity index (χ2v) is 6.97. The van der Waals surface area contributed by atoms with Gasteiger partial charge in [0.2, 0.25) is 5.91 Å². The molecule has 150 valence electrons. The van der Waals surface area contributed by atoms with Gasteiger partial charge >= 0.3 is 6.03 Å². The third kappa shape index (κ3) is 5.82. The fourth-order valence-corrected chi connectivity index (χ4v) is 2.83. The van der Waals surface area contributed by atoms with Gasteiger partial charge in [0.25, 0.3) is 5.91 Å². The highest BCUT2D eigenvalue weighted by molar-refractivity contribution is 6.30. The third-order valence-corrected chi connectivity index (χ3v) is 5.06. The quantitative estimate of drug-likeness (QED) is 0.566. The first-order chi connectivity index (χ1) is 12.3. The molecule has 1 aliphatic rings. The van der Waals surface area contributed by atoms with Crippen LogP contribution in [-0.2, 0) is 9.59 Å². The normalized spacial score (nSPS) is 16.7. The summed E-state index contributed by atoms with van der Waals surface area (Å²) >= 11 is 5.83. The molecule has 1 atom stereocenters. The maximum Gasteiger partial charge on any atom is 0.329 e. The van der Waals surface area contributed by atoms with Crippen LogP contribution in [0.15, 0.2) is 24.3 Å². The van der Waals surface area contributed by atoms with Gasteiger partial charge in [-0.05, 0) is 43.5 Å². The molecule has 0 aliphatic carbocycles. The van der Waals surface area contributed by atoms with Gasteiger partial charge in [-0.2, -0.15) is 0 Å². The van der Waals surface area contributed by atoms with E-state index in [1.807, 2.05) is 13.8 Å². The van der Waals surface area contributed by atoms with Gasteiger partial charge in [0.15, 0.2) is 0 Å². The Hall–Kier alpha value is -1.83. The first-order valence-corrected chi connectivity index (χ1v) is 9.13. The lowest BCUT2D eigenvalue weighted by Gasteiger charge is -2.26. The van der Waals surface area contributed by atoms with E-state index in [-0.39, 0.29) is 37.1 Å². The van der Waals surface area contributed by atoms with Crippen molar-refractivity contribution in [2.75, 3.05) is 11.4 Å². The Labute approximate surface area is 170 Å². The molecule has 1 saturated heterocycles. The van der Waals surface area contributed by atoms with Crippen molar-refractivity contribution in [3.05, 3.63) is 29.3 Å². The average molecular weight is 417 g/mol. The molecule has 27 heavy (non-hydrogen) atoms. The Balaban J connectivity index is 0.00000364. The van der Waals surface area contributed by atoms with Crippen LogP contribution in [0.2, 0.25) is 5.02 Å². The zero-order valence-electron chi connectivity index (χ0n) is 15.5. The van der Waals surface area contributed by atoms with Crippen LogP contribution in [0.3, 0.4) is 0 Å². The first kappa shape index (κ1) is 23.2. The van der Waals surface area contributed by atoms with E-state index in [2.05, 4.69) is 10.6 Å². The highest BCUT2D eigenvalue weighted by Crippen LogP contribution is 2.23. The predicted octanol–water partition coefficient (Wildman–Crippen LogP) is 2.60. The van der Waals surface area contributed by atoms with Gasteiger partial charge in [0, 0.05) is 23.5 Å². The number of anilines is 1. The molecule has 1 aliphatic heterocycles. The van der Waals surface area contributed by atoms with E-state index >= 15 is 0 Å². The maximum atomic E-state index is 12.5. The molecule has 7 nitrogen and oxygen atoms in total. The van der Waals surface area contributed by atoms with Crippen LogP contribution in [0.5, 0.6) is 0 Å². The number of nitrogens with zero attached hydrogens (tertiary/aromatic N) is 1. The van der Waals surface area contributed by atoms with Gasteiger partial charge in [-0.15, -0.1) is 12.4 Å². The summed E-state index contributed by atoms with van der Waals surface area (Å²) < 4.78 is 0. The molecular formula is C18H26Cl2N4O3. The van der Waals surface area contributed by atoms with Crippen LogP contribution < -0.4 is 21.3 Å². The summed E-state index contributed by atoms with van der Waals surface area (Å²) in [5.41, 5.74) is 6.18. The molecule has 0 bridgehead atoms. The molecule has 1 fully saturated rings. The van der Waals surface area contributed by atoms with E-state index in [0.717, 1.165) is 17.7 Å². The number of nitrogens with two attached hydrogens (primary N) is 1. The SMILES string of the molecule is CCC(N)(CC)CNC(=O)CCC1NC(=O)N(c2ccc(Cl)cc2)C1=O.Cl. The Bertz CT molecular complexity index is 678. The van der Waals surface area contributed by atoms with Gasteiger partial charge in [0.05, 0.1) is 5.69 Å². The zero-order chi connectivity index (χ0) is 19.3. The summed E-state index contributed by atoms with van der Waals surface area (Å²) in [7, 11) is 0. The number of nitrogens with one attached hydrogen (secondary N) is 2. The minimum absolute atomic E-state index is 0. The molecule has 0 radical (unpaired) electrons. The number of urea groups is 1. The zero-order valence-corrected chi connectivity index (χ0v) is 17.0. The summed E-state index contributed by atoms with van der Waals surface area (Å²) in [5.74, 6) is -0.561. The van der Waals surface area contributed by atoms with Crippen LogP contribution in [0.1, 0.15) is 39.5 Å². The summed E-state index contributed by atoms with van der Waals surface area (Å²) in [5, 5.41) is 5.94. The van der Waals surface area contributed by atoms with E-state index in [0.29, 0.717) is 17.3 Å². The van der Waals surface area contributed by atoms with Crippen LogP contribution in [0, 0.1) is 0 Å². The number of rotatable bonds is 8. The fourth-order valence-electron chi connectivity index (χ4n) is 2.70. The number of carbonyl (C=O) groups is 3. The van der Waals surface area contributed by atoms with Gasteiger partial charge in [-0.25, -0.2) is 9.69 Å². The minimum Gasteiger partial charge on any atom is -0.354 e. The van der Waals surface area contributed by atoms with E-state index in [4.69, 9.17) is 17.3 Å². The summed E-state index contributed by atoms with van der Waals surface area (Å²) in [6, 6.07) is 5.21. The van der Waals surface area contributed by atoms with Crippen LogP contribution in [0.4, 0.5) is 10.5 Å². The lowest BCUT2D eigenvalue weighted by atomic mass is 9.94. The van der Waals surface area contributed by atoms with Crippen LogP contribution in [0.25, 0.3) is 0 Å². The summed E-state index contributed by atoms with van der Waals surface area (Å²) in [6.45, 7) is 4.35. The standard InChI is InChI=1S/C18H25ClN4O3.ClH/c1-3-18(20,4-2)11-21-15(24)10-9-14-16(25)23(17(26)22-14)13-7-5-12(19)6-8-13;/h5-8,14H,3-4,9-11,20H2,1-2H3,(H,21,24)(H,22,26);1H. The van der Waals surface area contributed by atoms with Crippen molar-refractivity contribution in [2.45, 2.75) is 51.1 Å². The van der Waals surface area contributed by atoms with E-state index in [1.165, 1.54) is 0 Å². The molecule has 0 spiro atoms. The van der Waals surface area contributed by atoms with Crippen molar-refractivity contribution in [1.29, 1.82) is 0 Å². The molecule has 0 aromatic heterocycles. The topological polar surface area (TPSA) is 105 Å². The second-order valence-electron chi connectivity index (χ2n) is 6.54. The number of hydrogen-bond acceptors (Lipinski definition) is 4. The molecule has 2 rings (SSSR count). The highest BCUT2D eigenvalue weighted by atomic mass is 35.5. The van der Waals surface area contributed by atoms with Crippen molar-refractivity contribution in [3.8, 4) is 0 Å². The Morgan fingerprint density at radius 2 is 1.85 bits per heavy atom. The molecule has 1 aromatic carbocycles. The average Bonchev–Trinajstić information content (AvgIpc) is 2.92. The molecule has 4 amide bonds. The van der Waals surface area contributed by atoms with Crippen molar-refractivity contribution in [1.82, 2.24) is 10.6 Å². The lowest BCUT2D eigenvalue weighted by molar-refractivity contribution is -0.122. The molecule has 1 aromatic rings. The Morgan fingerprint density at radius 1 is 1.26 bits per heavy atom. The molecule has 1 heterocycles. The molecule has 1 unspecified atom stereocenters. The van der Waals surface area contributed by atoms with Crippen molar-refractivity contribution in [3.63, 3.8) is 0 Å². The van der Waals surface area contributed by atoms with Gasteiger partial charge < -0.3 is 16.4 Å². The lowest BCUT2D eigenvalue weighted by Crippen LogP contribution is -2.49. The molecule has 0 saturated carbocycles. The van der Waals surface area contributed by atoms with Gasteiger partial charge in [-0.3, -0.25) is 9.59 Å². The van der Waals surface area contributed by atoms with E-state index in [9.17, 15) is 14.4 Å². The second kappa shape index (κ2) is 9.92. The smallest absolute Gasteiger partial charge is 0.329 e. The van der Waals surface area contributed by atoms with Gasteiger partial charge in [-0.1, -0.05) is 25.4 Å². The number of hydrogen-bond donors (Lipinski definition) is 3. The number of carbonyl (C=O) groups excluding carboxylic acids is 3. The number of halogens is 2.